The third kappa shape index (κ3) is 4.18. The van der Waals surface area contributed by atoms with E-state index in [1.165, 1.54) is 0 Å². The van der Waals surface area contributed by atoms with E-state index in [2.05, 4.69) is 32.6 Å². The van der Waals surface area contributed by atoms with Crippen LogP contribution in [-0.2, 0) is 16.6 Å². The summed E-state index contributed by atoms with van der Waals surface area (Å²) in [6.07, 6.45) is 0. The summed E-state index contributed by atoms with van der Waals surface area (Å²) in [6.45, 7) is 2.43. The second kappa shape index (κ2) is 6.76. The molecule has 2 aromatic rings. The van der Waals surface area contributed by atoms with E-state index in [9.17, 15) is 8.42 Å². The van der Waals surface area contributed by atoms with Crippen molar-refractivity contribution in [3.8, 4) is 0 Å². The summed E-state index contributed by atoms with van der Waals surface area (Å²) in [5, 5.41) is 3.02. The summed E-state index contributed by atoms with van der Waals surface area (Å²) >= 11 is 2.15. The SMILES string of the molecule is CNCc1ccc(C)c(S(=O)(=O)Nc2cccc(I)c2)c1. The van der Waals surface area contributed by atoms with E-state index < -0.39 is 10.0 Å². The molecule has 2 rings (SSSR count). The lowest BCUT2D eigenvalue weighted by atomic mass is 10.1. The number of halogens is 1. The van der Waals surface area contributed by atoms with Crippen LogP contribution in [0.15, 0.2) is 47.4 Å². The van der Waals surface area contributed by atoms with Crippen molar-refractivity contribution in [2.75, 3.05) is 11.8 Å². The highest BCUT2D eigenvalue weighted by atomic mass is 127. The minimum Gasteiger partial charge on any atom is -0.316 e. The summed E-state index contributed by atoms with van der Waals surface area (Å²) < 4.78 is 28.7. The van der Waals surface area contributed by atoms with E-state index in [0.717, 1.165) is 14.7 Å². The molecule has 6 heteroatoms. The van der Waals surface area contributed by atoms with Crippen molar-refractivity contribution >= 4 is 38.3 Å². The maximum absolute atomic E-state index is 12.6. The predicted octanol–water partition coefficient (Wildman–Crippen LogP) is 3.12. The Morgan fingerprint density at radius 3 is 2.57 bits per heavy atom. The standard InChI is InChI=1S/C15H17IN2O2S/c1-11-6-7-12(10-17-2)8-15(11)21(19,20)18-14-5-3-4-13(16)9-14/h3-9,17-18H,10H2,1-2H3. The normalized spacial score (nSPS) is 11.4. The first-order valence-electron chi connectivity index (χ1n) is 6.45. The molecule has 0 heterocycles. The van der Waals surface area contributed by atoms with Crippen LogP contribution in [0.25, 0.3) is 0 Å². The molecule has 0 aliphatic rings. The summed E-state index contributed by atoms with van der Waals surface area (Å²) in [7, 11) is -1.75. The van der Waals surface area contributed by atoms with Crippen LogP contribution in [-0.4, -0.2) is 15.5 Å². The maximum atomic E-state index is 12.6. The zero-order chi connectivity index (χ0) is 15.5. The molecule has 0 aliphatic heterocycles. The average molecular weight is 416 g/mol. The van der Waals surface area contributed by atoms with Gasteiger partial charge in [-0.1, -0.05) is 18.2 Å². The predicted molar refractivity (Wildman–Crippen MR) is 93.9 cm³/mol. The van der Waals surface area contributed by atoms with Gasteiger partial charge in [-0.3, -0.25) is 4.72 Å². The minimum absolute atomic E-state index is 0.314. The number of nitrogens with one attached hydrogen (secondary N) is 2. The van der Waals surface area contributed by atoms with E-state index in [-0.39, 0.29) is 0 Å². The van der Waals surface area contributed by atoms with Crippen molar-refractivity contribution in [1.82, 2.24) is 5.32 Å². The van der Waals surface area contributed by atoms with E-state index >= 15 is 0 Å². The lowest BCUT2D eigenvalue weighted by Gasteiger charge is -2.12. The molecule has 0 fully saturated rings. The van der Waals surface area contributed by atoms with Crippen LogP contribution < -0.4 is 10.0 Å². The fraction of sp³-hybridized carbons (Fsp3) is 0.200. The first-order valence-corrected chi connectivity index (χ1v) is 9.01. The molecule has 0 aromatic heterocycles. The van der Waals surface area contributed by atoms with Gasteiger partial charge >= 0.3 is 0 Å². The van der Waals surface area contributed by atoms with E-state index in [1.54, 1.807) is 25.1 Å². The monoisotopic (exact) mass is 416 g/mol. The van der Waals surface area contributed by atoms with Gasteiger partial charge in [0.2, 0.25) is 0 Å². The van der Waals surface area contributed by atoms with Gasteiger partial charge in [0.1, 0.15) is 0 Å². The first kappa shape index (κ1) is 16.3. The van der Waals surface area contributed by atoms with E-state index in [0.29, 0.717) is 17.1 Å². The molecule has 0 atom stereocenters. The summed E-state index contributed by atoms with van der Waals surface area (Å²) in [5.74, 6) is 0. The van der Waals surface area contributed by atoms with Crippen LogP contribution in [0.5, 0.6) is 0 Å². The lowest BCUT2D eigenvalue weighted by Crippen LogP contribution is -2.15. The van der Waals surface area contributed by atoms with Crippen LogP contribution in [0.3, 0.4) is 0 Å². The highest BCUT2D eigenvalue weighted by molar-refractivity contribution is 14.1. The zero-order valence-electron chi connectivity index (χ0n) is 11.9. The van der Waals surface area contributed by atoms with Crippen molar-refractivity contribution in [1.29, 1.82) is 0 Å². The minimum atomic E-state index is -3.58. The number of aryl methyl sites for hydroxylation is 1. The number of sulfonamides is 1. The smallest absolute Gasteiger partial charge is 0.262 e. The molecule has 0 amide bonds. The molecule has 0 spiro atoms. The Hall–Kier alpha value is -1.12. The number of hydrogen-bond acceptors (Lipinski definition) is 3. The largest absolute Gasteiger partial charge is 0.316 e. The fourth-order valence-corrected chi connectivity index (χ4v) is 3.90. The van der Waals surface area contributed by atoms with Crippen molar-refractivity contribution < 1.29 is 8.42 Å². The first-order chi connectivity index (χ1) is 9.92. The van der Waals surface area contributed by atoms with Gasteiger partial charge in [0.25, 0.3) is 10.0 Å². The topological polar surface area (TPSA) is 58.2 Å². The molecule has 0 bridgehead atoms. The highest BCUT2D eigenvalue weighted by Gasteiger charge is 2.17. The Bertz CT molecular complexity index is 745. The quantitative estimate of drug-likeness (QED) is 0.737. The van der Waals surface area contributed by atoms with E-state index in [1.807, 2.05) is 31.3 Å². The maximum Gasteiger partial charge on any atom is 0.262 e. The molecule has 4 nitrogen and oxygen atoms in total. The Balaban J connectivity index is 2.37. The van der Waals surface area contributed by atoms with Gasteiger partial charge in [0.05, 0.1) is 4.90 Å². The highest BCUT2D eigenvalue weighted by Crippen LogP contribution is 2.21. The van der Waals surface area contributed by atoms with Crippen LogP contribution >= 0.6 is 22.6 Å². The van der Waals surface area contributed by atoms with Gasteiger partial charge in [0, 0.05) is 15.8 Å². The third-order valence-corrected chi connectivity index (χ3v) is 5.19. The molecule has 2 aromatic carbocycles. The van der Waals surface area contributed by atoms with Crippen LogP contribution in [0, 0.1) is 10.5 Å². The van der Waals surface area contributed by atoms with Crippen LogP contribution in [0.1, 0.15) is 11.1 Å². The zero-order valence-corrected chi connectivity index (χ0v) is 14.8. The van der Waals surface area contributed by atoms with Crippen molar-refractivity contribution in [3.63, 3.8) is 0 Å². The van der Waals surface area contributed by atoms with Gasteiger partial charge in [-0.15, -0.1) is 0 Å². The van der Waals surface area contributed by atoms with Gasteiger partial charge in [-0.2, -0.15) is 0 Å². The Kier molecular flexibility index (Phi) is 5.23. The molecule has 0 saturated heterocycles. The van der Waals surface area contributed by atoms with Crippen LogP contribution in [0.4, 0.5) is 5.69 Å². The number of benzene rings is 2. The number of anilines is 1. The molecule has 0 aliphatic carbocycles. The second-order valence-electron chi connectivity index (χ2n) is 4.75. The molecule has 21 heavy (non-hydrogen) atoms. The lowest BCUT2D eigenvalue weighted by molar-refractivity contribution is 0.600. The Morgan fingerprint density at radius 2 is 1.90 bits per heavy atom. The van der Waals surface area contributed by atoms with Gasteiger partial charge in [-0.25, -0.2) is 8.42 Å². The Labute approximate surface area is 139 Å². The molecule has 0 saturated carbocycles. The Morgan fingerprint density at radius 1 is 1.14 bits per heavy atom. The number of hydrogen-bond donors (Lipinski definition) is 2. The van der Waals surface area contributed by atoms with E-state index in [4.69, 9.17) is 0 Å². The molecular weight excluding hydrogens is 399 g/mol. The fourth-order valence-electron chi connectivity index (χ4n) is 2.01. The van der Waals surface area contributed by atoms with Gasteiger partial charge < -0.3 is 5.32 Å². The molecule has 112 valence electrons. The van der Waals surface area contributed by atoms with Crippen LogP contribution in [0.2, 0.25) is 0 Å². The van der Waals surface area contributed by atoms with Gasteiger partial charge in [0.15, 0.2) is 0 Å². The summed E-state index contributed by atoms with van der Waals surface area (Å²) in [5.41, 5.74) is 2.24. The summed E-state index contributed by atoms with van der Waals surface area (Å²) in [6, 6.07) is 12.7. The second-order valence-corrected chi connectivity index (χ2v) is 7.64. The number of rotatable bonds is 5. The molecular formula is C15H17IN2O2S. The van der Waals surface area contributed by atoms with Crippen molar-refractivity contribution in [2.24, 2.45) is 0 Å². The van der Waals surface area contributed by atoms with Crippen molar-refractivity contribution in [3.05, 3.63) is 57.2 Å². The molecule has 0 radical (unpaired) electrons. The van der Waals surface area contributed by atoms with Crippen molar-refractivity contribution in [2.45, 2.75) is 18.4 Å². The van der Waals surface area contributed by atoms with Gasteiger partial charge in [-0.05, 0) is 72.0 Å². The average Bonchev–Trinajstić information content (AvgIpc) is 2.40. The molecule has 2 N–H and O–H groups in total. The molecule has 0 unspecified atom stereocenters. The summed E-state index contributed by atoms with van der Waals surface area (Å²) in [4.78, 5) is 0.314. The third-order valence-electron chi connectivity index (χ3n) is 3.00.